The van der Waals surface area contributed by atoms with Gasteiger partial charge in [0.05, 0.1) is 13.1 Å². The Balaban J connectivity index is 1.89. The summed E-state index contributed by atoms with van der Waals surface area (Å²) in [4.78, 5) is 1.74. The second-order valence-electron chi connectivity index (χ2n) is 4.82. The first-order valence-corrected chi connectivity index (χ1v) is 6.80. The number of nitrogens with one attached hydrogen (secondary N) is 1. The van der Waals surface area contributed by atoms with Crippen LogP contribution in [0.1, 0.15) is 37.7 Å². The van der Waals surface area contributed by atoms with Crippen molar-refractivity contribution in [1.29, 1.82) is 0 Å². The van der Waals surface area contributed by atoms with Gasteiger partial charge in [-0.3, -0.25) is 0 Å². The van der Waals surface area contributed by atoms with Gasteiger partial charge in [-0.15, -0.1) is 0 Å². The molecule has 16 heavy (non-hydrogen) atoms. The van der Waals surface area contributed by atoms with Gasteiger partial charge in [-0.25, -0.2) is 0 Å². The Morgan fingerprint density at radius 2 is 1.44 bits per heavy atom. The van der Waals surface area contributed by atoms with Gasteiger partial charge in [-0.05, 0) is 37.8 Å². The number of rotatable bonds is 2. The van der Waals surface area contributed by atoms with E-state index in [0.29, 0.717) is 0 Å². The van der Waals surface area contributed by atoms with Gasteiger partial charge in [0, 0.05) is 10.6 Å². The number of benzene rings is 1. The van der Waals surface area contributed by atoms with E-state index < -0.39 is 0 Å². The molecule has 0 aliphatic carbocycles. The quantitative estimate of drug-likeness (QED) is 0.808. The molecule has 0 saturated carbocycles. The molecule has 0 bridgehead atoms. The first-order valence-electron chi connectivity index (χ1n) is 6.42. The Morgan fingerprint density at radius 3 is 2.06 bits per heavy atom. The van der Waals surface area contributed by atoms with E-state index in [1.54, 1.807) is 4.90 Å². The molecule has 1 aromatic rings. The van der Waals surface area contributed by atoms with Gasteiger partial charge in [0.25, 0.3) is 0 Å². The van der Waals surface area contributed by atoms with Crippen LogP contribution in [0.4, 0.5) is 0 Å². The molecule has 0 radical (unpaired) electrons. The third kappa shape index (κ3) is 3.80. The van der Waals surface area contributed by atoms with Gasteiger partial charge in [0.2, 0.25) is 0 Å². The summed E-state index contributed by atoms with van der Waals surface area (Å²) < 4.78 is 0. The maximum atomic E-state index is 5.90. The second-order valence-corrected chi connectivity index (χ2v) is 5.26. The zero-order chi connectivity index (χ0) is 11.2. The van der Waals surface area contributed by atoms with E-state index in [1.165, 1.54) is 50.8 Å². The SMILES string of the molecule is Clc1ccc(C[NH+]2CCCCCCC2)cc1. The Labute approximate surface area is 103 Å². The zero-order valence-corrected chi connectivity index (χ0v) is 10.6. The van der Waals surface area contributed by atoms with Gasteiger partial charge >= 0.3 is 0 Å². The molecule has 0 aromatic heterocycles. The van der Waals surface area contributed by atoms with Crippen molar-refractivity contribution in [3.8, 4) is 0 Å². The van der Waals surface area contributed by atoms with Crippen LogP contribution in [0.3, 0.4) is 0 Å². The molecule has 0 unspecified atom stereocenters. The smallest absolute Gasteiger partial charge is 0.103 e. The second kappa shape index (κ2) is 6.27. The lowest BCUT2D eigenvalue weighted by Crippen LogP contribution is -3.10. The van der Waals surface area contributed by atoms with Crippen molar-refractivity contribution in [3.05, 3.63) is 34.9 Å². The van der Waals surface area contributed by atoms with Gasteiger partial charge < -0.3 is 4.90 Å². The third-order valence-corrected chi connectivity index (χ3v) is 3.68. The molecular formula is C14H21ClN+. The maximum Gasteiger partial charge on any atom is 0.103 e. The van der Waals surface area contributed by atoms with Crippen LogP contribution in [-0.2, 0) is 6.54 Å². The van der Waals surface area contributed by atoms with Crippen molar-refractivity contribution in [2.24, 2.45) is 0 Å². The average Bonchev–Trinajstić information content (AvgIpc) is 2.25. The minimum atomic E-state index is 0.839. The lowest BCUT2D eigenvalue weighted by Gasteiger charge is -2.21. The number of halogens is 1. The fourth-order valence-corrected chi connectivity index (χ4v) is 2.60. The van der Waals surface area contributed by atoms with Crippen molar-refractivity contribution in [1.82, 2.24) is 0 Å². The largest absolute Gasteiger partial charge is 0.331 e. The molecule has 1 aliphatic rings. The van der Waals surface area contributed by atoms with E-state index in [-0.39, 0.29) is 0 Å². The highest BCUT2D eigenvalue weighted by Crippen LogP contribution is 2.09. The Kier molecular flexibility index (Phi) is 4.68. The number of hydrogen-bond donors (Lipinski definition) is 1. The highest BCUT2D eigenvalue weighted by atomic mass is 35.5. The van der Waals surface area contributed by atoms with Crippen LogP contribution in [0.5, 0.6) is 0 Å². The molecule has 1 heterocycles. The first-order chi connectivity index (χ1) is 7.84. The molecule has 2 heteroatoms. The molecule has 0 spiro atoms. The molecule has 1 N–H and O–H groups in total. The Morgan fingerprint density at radius 1 is 0.875 bits per heavy atom. The van der Waals surface area contributed by atoms with Crippen LogP contribution in [0.15, 0.2) is 24.3 Å². The van der Waals surface area contributed by atoms with Crippen LogP contribution < -0.4 is 4.90 Å². The Hall–Kier alpha value is -0.530. The van der Waals surface area contributed by atoms with Crippen molar-refractivity contribution in [2.45, 2.75) is 38.6 Å². The van der Waals surface area contributed by atoms with E-state index in [1.807, 2.05) is 12.1 Å². The normalized spacial score (nSPS) is 19.1. The Bertz CT molecular complexity index is 299. The molecule has 0 amide bonds. The highest BCUT2D eigenvalue weighted by Gasteiger charge is 2.11. The molecule has 0 atom stereocenters. The molecule has 1 nitrogen and oxygen atoms in total. The highest BCUT2D eigenvalue weighted by molar-refractivity contribution is 6.30. The molecule has 1 saturated heterocycles. The molecule has 88 valence electrons. The van der Waals surface area contributed by atoms with Gasteiger partial charge in [-0.1, -0.05) is 30.2 Å². The number of likely N-dealkylation sites (tertiary alicyclic amines) is 1. The lowest BCUT2D eigenvalue weighted by molar-refractivity contribution is -0.914. The topological polar surface area (TPSA) is 4.44 Å². The molecule has 2 rings (SSSR count). The summed E-state index contributed by atoms with van der Waals surface area (Å²) in [6, 6.07) is 8.32. The summed E-state index contributed by atoms with van der Waals surface area (Å²) in [5.74, 6) is 0. The van der Waals surface area contributed by atoms with Crippen LogP contribution in [0, 0.1) is 0 Å². The monoisotopic (exact) mass is 238 g/mol. The van der Waals surface area contributed by atoms with E-state index in [9.17, 15) is 0 Å². The van der Waals surface area contributed by atoms with E-state index in [0.717, 1.165) is 11.6 Å². The molecule has 1 fully saturated rings. The van der Waals surface area contributed by atoms with Crippen molar-refractivity contribution in [2.75, 3.05) is 13.1 Å². The molecular weight excluding hydrogens is 218 g/mol. The summed E-state index contributed by atoms with van der Waals surface area (Å²) in [6.45, 7) is 3.84. The van der Waals surface area contributed by atoms with Crippen LogP contribution in [-0.4, -0.2) is 13.1 Å². The van der Waals surface area contributed by atoms with E-state index >= 15 is 0 Å². The predicted octanol–water partition coefficient (Wildman–Crippen LogP) is 2.69. The standard InChI is InChI=1S/C14H20ClN/c15-14-8-6-13(7-9-14)12-16-10-4-2-1-3-5-11-16/h6-9H,1-5,10-12H2/p+1. The summed E-state index contributed by atoms with van der Waals surface area (Å²) in [5, 5.41) is 0.839. The predicted molar refractivity (Wildman–Crippen MR) is 68.9 cm³/mol. The van der Waals surface area contributed by atoms with Crippen LogP contribution in [0.2, 0.25) is 5.02 Å². The third-order valence-electron chi connectivity index (χ3n) is 3.43. The minimum Gasteiger partial charge on any atom is -0.331 e. The summed E-state index contributed by atoms with van der Waals surface area (Å²) >= 11 is 5.90. The van der Waals surface area contributed by atoms with Gasteiger partial charge in [0.15, 0.2) is 0 Å². The van der Waals surface area contributed by atoms with E-state index in [2.05, 4.69) is 12.1 Å². The summed E-state index contributed by atoms with van der Waals surface area (Å²) in [6.07, 6.45) is 7.06. The van der Waals surface area contributed by atoms with E-state index in [4.69, 9.17) is 11.6 Å². The average molecular weight is 239 g/mol. The van der Waals surface area contributed by atoms with Crippen LogP contribution >= 0.6 is 11.6 Å². The summed E-state index contributed by atoms with van der Waals surface area (Å²) in [5.41, 5.74) is 1.42. The van der Waals surface area contributed by atoms with Gasteiger partial charge in [-0.2, -0.15) is 0 Å². The fourth-order valence-electron chi connectivity index (χ4n) is 2.47. The van der Waals surface area contributed by atoms with Crippen molar-refractivity contribution in [3.63, 3.8) is 0 Å². The number of hydrogen-bond acceptors (Lipinski definition) is 0. The van der Waals surface area contributed by atoms with Crippen molar-refractivity contribution >= 4 is 11.6 Å². The maximum absolute atomic E-state index is 5.90. The van der Waals surface area contributed by atoms with Crippen LogP contribution in [0.25, 0.3) is 0 Å². The summed E-state index contributed by atoms with van der Waals surface area (Å²) in [7, 11) is 0. The zero-order valence-electron chi connectivity index (χ0n) is 9.84. The van der Waals surface area contributed by atoms with Gasteiger partial charge in [0.1, 0.15) is 6.54 Å². The molecule has 1 aromatic carbocycles. The number of quaternary nitrogens is 1. The molecule has 1 aliphatic heterocycles. The first kappa shape index (κ1) is 11.9. The fraction of sp³-hybridized carbons (Fsp3) is 0.571. The lowest BCUT2D eigenvalue weighted by atomic mass is 10.1. The minimum absolute atomic E-state index is 0.839. The van der Waals surface area contributed by atoms with Crippen molar-refractivity contribution < 1.29 is 4.90 Å².